The number of nitrogens with one attached hydrogen (secondary N) is 1. The molecule has 0 saturated carbocycles. The van der Waals surface area contributed by atoms with Crippen LogP contribution in [0.3, 0.4) is 0 Å². The third-order valence-electron chi connectivity index (χ3n) is 5.07. The standard InChI is InChI=1S/C20H27N3O/c1-23-11-6-7-17(23)13-16-15-22-20-9-8-18(14-19(16)20)24-12-5-3-2-4-10-21/h8-9,14-15,17,22H,2-7,11-13H2,1H3/t17-/m1/s1. The maximum atomic E-state index is 8.54. The number of aromatic nitrogens is 1. The molecule has 0 aliphatic carbocycles. The summed E-state index contributed by atoms with van der Waals surface area (Å²) in [6.45, 7) is 1.94. The van der Waals surface area contributed by atoms with Gasteiger partial charge in [0, 0.05) is 29.6 Å². The van der Waals surface area contributed by atoms with Gasteiger partial charge in [-0.2, -0.15) is 5.26 Å². The Morgan fingerprint density at radius 3 is 3.04 bits per heavy atom. The second-order valence-electron chi connectivity index (χ2n) is 6.82. The fraction of sp³-hybridized carbons (Fsp3) is 0.550. The first-order valence-electron chi connectivity index (χ1n) is 9.08. The molecule has 0 bridgehead atoms. The number of rotatable bonds is 8. The van der Waals surface area contributed by atoms with E-state index in [0.29, 0.717) is 12.5 Å². The quantitative estimate of drug-likeness (QED) is 0.738. The number of unbranched alkanes of at least 4 members (excludes halogenated alkanes) is 3. The summed E-state index contributed by atoms with van der Waals surface area (Å²) in [6.07, 6.45) is 9.54. The molecule has 1 aliphatic heterocycles. The van der Waals surface area contributed by atoms with E-state index in [4.69, 9.17) is 10.00 Å². The number of likely N-dealkylation sites (N-methyl/N-ethyl adjacent to an activating group) is 1. The minimum atomic E-state index is 0.647. The Labute approximate surface area is 144 Å². The zero-order chi connectivity index (χ0) is 16.8. The molecule has 1 aliphatic rings. The number of hydrogen-bond donors (Lipinski definition) is 1. The zero-order valence-corrected chi connectivity index (χ0v) is 14.6. The lowest BCUT2D eigenvalue weighted by Crippen LogP contribution is -2.26. The molecule has 1 atom stereocenters. The second-order valence-corrected chi connectivity index (χ2v) is 6.82. The molecular weight excluding hydrogens is 298 g/mol. The lowest BCUT2D eigenvalue weighted by Gasteiger charge is -2.18. The third kappa shape index (κ3) is 4.10. The summed E-state index contributed by atoms with van der Waals surface area (Å²) in [7, 11) is 2.23. The molecule has 1 aromatic heterocycles. The number of likely N-dealkylation sites (tertiary alicyclic amines) is 1. The number of hydrogen-bond acceptors (Lipinski definition) is 3. The van der Waals surface area contributed by atoms with E-state index in [1.807, 2.05) is 6.07 Å². The van der Waals surface area contributed by atoms with Crippen molar-refractivity contribution < 1.29 is 4.74 Å². The first kappa shape index (κ1) is 16.9. The Morgan fingerprint density at radius 2 is 2.25 bits per heavy atom. The smallest absolute Gasteiger partial charge is 0.120 e. The van der Waals surface area contributed by atoms with Crippen LogP contribution in [0.5, 0.6) is 5.75 Å². The molecule has 0 unspecified atom stereocenters. The van der Waals surface area contributed by atoms with Gasteiger partial charge >= 0.3 is 0 Å². The summed E-state index contributed by atoms with van der Waals surface area (Å²) in [4.78, 5) is 5.86. The van der Waals surface area contributed by atoms with Crippen LogP contribution in [0, 0.1) is 11.3 Å². The van der Waals surface area contributed by atoms with Gasteiger partial charge in [0.2, 0.25) is 0 Å². The van der Waals surface area contributed by atoms with E-state index in [-0.39, 0.29) is 0 Å². The molecule has 1 saturated heterocycles. The molecule has 3 rings (SSSR count). The minimum Gasteiger partial charge on any atom is -0.494 e. The van der Waals surface area contributed by atoms with Gasteiger partial charge in [-0.3, -0.25) is 0 Å². The average molecular weight is 325 g/mol. The van der Waals surface area contributed by atoms with Gasteiger partial charge in [0.05, 0.1) is 12.7 Å². The highest BCUT2D eigenvalue weighted by Gasteiger charge is 2.22. The first-order chi connectivity index (χ1) is 11.8. The van der Waals surface area contributed by atoms with Crippen LogP contribution in [0.4, 0.5) is 0 Å². The van der Waals surface area contributed by atoms with Gasteiger partial charge in [-0.15, -0.1) is 0 Å². The molecule has 1 aromatic carbocycles. The second kappa shape index (κ2) is 8.21. The van der Waals surface area contributed by atoms with Gasteiger partial charge in [0.25, 0.3) is 0 Å². The SMILES string of the molecule is CN1CCC[C@@H]1Cc1c[nH]c2ccc(OCCCCCC#N)cc12. The van der Waals surface area contributed by atoms with Crippen molar-refractivity contribution in [2.75, 3.05) is 20.2 Å². The maximum absolute atomic E-state index is 8.54. The van der Waals surface area contributed by atoms with Crippen molar-refractivity contribution in [1.82, 2.24) is 9.88 Å². The number of nitrogens with zero attached hydrogens (tertiary/aromatic N) is 2. The average Bonchev–Trinajstić information content (AvgIpc) is 3.18. The first-order valence-corrected chi connectivity index (χ1v) is 9.08. The summed E-state index contributed by atoms with van der Waals surface area (Å²) in [5.41, 5.74) is 2.58. The molecule has 2 heterocycles. The molecule has 2 aromatic rings. The highest BCUT2D eigenvalue weighted by atomic mass is 16.5. The number of ether oxygens (including phenoxy) is 1. The van der Waals surface area contributed by atoms with Crippen molar-refractivity contribution in [3.05, 3.63) is 30.0 Å². The predicted molar refractivity (Wildman–Crippen MR) is 97.2 cm³/mol. The van der Waals surface area contributed by atoms with Gasteiger partial charge in [0.1, 0.15) is 5.75 Å². The molecule has 0 amide bonds. The number of aromatic amines is 1. The van der Waals surface area contributed by atoms with Crippen molar-refractivity contribution in [1.29, 1.82) is 5.26 Å². The van der Waals surface area contributed by atoms with Crippen LogP contribution in [-0.2, 0) is 6.42 Å². The highest BCUT2D eigenvalue weighted by Crippen LogP contribution is 2.27. The van der Waals surface area contributed by atoms with Crippen molar-refractivity contribution in [2.45, 2.75) is 51.0 Å². The normalized spacial score (nSPS) is 18.1. The molecule has 128 valence electrons. The van der Waals surface area contributed by atoms with E-state index in [9.17, 15) is 0 Å². The fourth-order valence-electron chi connectivity index (χ4n) is 3.58. The Bertz CT molecular complexity index is 700. The van der Waals surface area contributed by atoms with E-state index in [1.165, 1.54) is 35.9 Å². The predicted octanol–water partition coefficient (Wildman–Crippen LogP) is 4.27. The lowest BCUT2D eigenvalue weighted by molar-refractivity contribution is 0.305. The van der Waals surface area contributed by atoms with Crippen molar-refractivity contribution in [3.8, 4) is 11.8 Å². The van der Waals surface area contributed by atoms with Crippen LogP contribution in [0.1, 0.15) is 44.1 Å². The van der Waals surface area contributed by atoms with Gasteiger partial charge in [-0.05, 0) is 75.9 Å². The molecule has 4 heteroatoms. The van der Waals surface area contributed by atoms with Crippen LogP contribution in [0.2, 0.25) is 0 Å². The van der Waals surface area contributed by atoms with Crippen molar-refractivity contribution in [2.24, 2.45) is 0 Å². The molecule has 0 radical (unpaired) electrons. The summed E-state index contributed by atoms with van der Waals surface area (Å²) in [5, 5.41) is 9.83. The number of benzene rings is 1. The summed E-state index contributed by atoms with van der Waals surface area (Å²) in [6, 6.07) is 9.17. The molecule has 4 nitrogen and oxygen atoms in total. The van der Waals surface area contributed by atoms with Gasteiger partial charge in [-0.25, -0.2) is 0 Å². The van der Waals surface area contributed by atoms with E-state index < -0.39 is 0 Å². The molecule has 0 spiro atoms. The van der Waals surface area contributed by atoms with Gasteiger partial charge < -0.3 is 14.6 Å². The highest BCUT2D eigenvalue weighted by molar-refractivity contribution is 5.84. The van der Waals surface area contributed by atoms with Gasteiger partial charge in [0.15, 0.2) is 0 Å². The van der Waals surface area contributed by atoms with Crippen LogP contribution in [-0.4, -0.2) is 36.1 Å². The Hall–Kier alpha value is -1.99. The van der Waals surface area contributed by atoms with E-state index >= 15 is 0 Å². The van der Waals surface area contributed by atoms with E-state index in [0.717, 1.165) is 38.0 Å². The third-order valence-corrected chi connectivity index (χ3v) is 5.07. The zero-order valence-electron chi connectivity index (χ0n) is 14.6. The van der Waals surface area contributed by atoms with Crippen LogP contribution < -0.4 is 4.74 Å². The minimum absolute atomic E-state index is 0.647. The molecular formula is C20H27N3O. The Kier molecular flexibility index (Phi) is 5.77. The Morgan fingerprint density at radius 1 is 1.33 bits per heavy atom. The van der Waals surface area contributed by atoms with Crippen LogP contribution in [0.25, 0.3) is 10.9 Å². The molecule has 24 heavy (non-hydrogen) atoms. The van der Waals surface area contributed by atoms with Crippen molar-refractivity contribution in [3.63, 3.8) is 0 Å². The number of fused-ring (bicyclic) bond motifs is 1. The number of H-pyrrole nitrogens is 1. The number of nitriles is 1. The Balaban J connectivity index is 1.60. The monoisotopic (exact) mass is 325 g/mol. The lowest BCUT2D eigenvalue weighted by atomic mass is 10.0. The topological polar surface area (TPSA) is 52.0 Å². The fourth-order valence-corrected chi connectivity index (χ4v) is 3.58. The molecule has 1 fully saturated rings. The van der Waals surface area contributed by atoms with Crippen LogP contribution in [0.15, 0.2) is 24.4 Å². The van der Waals surface area contributed by atoms with Crippen LogP contribution >= 0.6 is 0 Å². The van der Waals surface area contributed by atoms with E-state index in [2.05, 4.69) is 41.3 Å². The summed E-state index contributed by atoms with van der Waals surface area (Å²) >= 11 is 0. The largest absolute Gasteiger partial charge is 0.494 e. The van der Waals surface area contributed by atoms with Crippen molar-refractivity contribution >= 4 is 10.9 Å². The maximum Gasteiger partial charge on any atom is 0.120 e. The summed E-state index contributed by atoms with van der Waals surface area (Å²) in [5.74, 6) is 0.948. The van der Waals surface area contributed by atoms with E-state index in [1.54, 1.807) is 0 Å². The van der Waals surface area contributed by atoms with Gasteiger partial charge in [-0.1, -0.05) is 0 Å². The summed E-state index contributed by atoms with van der Waals surface area (Å²) < 4.78 is 5.90. The molecule has 1 N–H and O–H groups in total.